The first-order valence-corrected chi connectivity index (χ1v) is 11.4. The van der Waals surface area contributed by atoms with Crippen molar-refractivity contribution in [1.82, 2.24) is 29.5 Å². The molecule has 1 aliphatic rings. The number of rotatable bonds is 6. The molecule has 1 fully saturated rings. The predicted octanol–water partition coefficient (Wildman–Crippen LogP) is 1.78. The second-order valence-corrected chi connectivity index (χ2v) is 8.76. The van der Waals surface area contributed by atoms with Gasteiger partial charge in [-0.05, 0) is 36.6 Å². The fraction of sp³-hybridized carbons (Fsp3) is 0.333. The molecule has 0 bridgehead atoms. The Kier molecular flexibility index (Phi) is 6.95. The van der Waals surface area contributed by atoms with E-state index in [1.807, 2.05) is 0 Å². The minimum atomic E-state index is -0.619. The number of nitrogens with two attached hydrogens (primary N) is 1. The van der Waals surface area contributed by atoms with Gasteiger partial charge in [0.15, 0.2) is 11.3 Å². The number of halogens is 1. The zero-order chi connectivity index (χ0) is 26.0. The SMILES string of the molecule is C=CC(=O)N1CCCC(n2nc(C(=O)Nc3ccc(CC(=O)N(C)C)c(F)c3)c3c(N)ncnc32)C1. The van der Waals surface area contributed by atoms with E-state index in [9.17, 15) is 18.8 Å². The first-order chi connectivity index (χ1) is 17.2. The lowest BCUT2D eigenvalue weighted by Crippen LogP contribution is -2.40. The van der Waals surface area contributed by atoms with Crippen LogP contribution in [0.1, 0.15) is 34.9 Å². The molecule has 188 valence electrons. The zero-order valence-corrected chi connectivity index (χ0v) is 20.1. The van der Waals surface area contributed by atoms with Crippen molar-refractivity contribution in [2.75, 3.05) is 38.2 Å². The van der Waals surface area contributed by atoms with Crippen molar-refractivity contribution in [1.29, 1.82) is 0 Å². The average Bonchev–Trinajstić information content (AvgIpc) is 3.26. The summed E-state index contributed by atoms with van der Waals surface area (Å²) in [7, 11) is 3.19. The summed E-state index contributed by atoms with van der Waals surface area (Å²) < 4.78 is 16.2. The molecule has 0 saturated carbocycles. The second kappa shape index (κ2) is 10.1. The summed E-state index contributed by atoms with van der Waals surface area (Å²) in [5.41, 5.74) is 6.85. The van der Waals surface area contributed by atoms with Gasteiger partial charge in [0.05, 0.1) is 17.8 Å². The Morgan fingerprint density at radius 3 is 2.78 bits per heavy atom. The van der Waals surface area contributed by atoms with Crippen LogP contribution in [0, 0.1) is 5.82 Å². The summed E-state index contributed by atoms with van der Waals surface area (Å²) in [4.78, 5) is 48.6. The molecule has 0 radical (unpaired) electrons. The van der Waals surface area contributed by atoms with Gasteiger partial charge in [-0.15, -0.1) is 0 Å². The van der Waals surface area contributed by atoms with Crippen LogP contribution in [0.15, 0.2) is 37.2 Å². The number of carbonyl (C=O) groups excluding carboxylic acids is 3. The largest absolute Gasteiger partial charge is 0.383 e. The summed E-state index contributed by atoms with van der Waals surface area (Å²) in [6.07, 6.45) is 3.93. The van der Waals surface area contributed by atoms with Gasteiger partial charge in [-0.1, -0.05) is 12.6 Å². The average molecular weight is 495 g/mol. The molecule has 0 aliphatic carbocycles. The van der Waals surface area contributed by atoms with E-state index < -0.39 is 11.7 Å². The van der Waals surface area contributed by atoms with Gasteiger partial charge in [0.2, 0.25) is 11.8 Å². The second-order valence-electron chi connectivity index (χ2n) is 8.76. The summed E-state index contributed by atoms with van der Waals surface area (Å²) in [6, 6.07) is 3.88. The van der Waals surface area contributed by atoms with Crippen LogP contribution in [0.2, 0.25) is 0 Å². The highest BCUT2D eigenvalue weighted by Crippen LogP contribution is 2.29. The molecular weight excluding hydrogens is 467 g/mol. The van der Waals surface area contributed by atoms with E-state index >= 15 is 0 Å². The molecule has 1 aromatic carbocycles. The lowest BCUT2D eigenvalue weighted by atomic mass is 10.1. The van der Waals surface area contributed by atoms with Crippen LogP contribution in [0.4, 0.5) is 15.9 Å². The van der Waals surface area contributed by atoms with Gasteiger partial charge in [0.1, 0.15) is 18.0 Å². The third-order valence-corrected chi connectivity index (χ3v) is 6.11. The number of hydrogen-bond donors (Lipinski definition) is 2. The number of likely N-dealkylation sites (N-methyl/N-ethyl adjacent to an activating group) is 1. The molecular formula is C24H27FN8O3. The highest BCUT2D eigenvalue weighted by Gasteiger charge is 2.29. The maximum absolute atomic E-state index is 14.6. The van der Waals surface area contributed by atoms with Crippen molar-refractivity contribution in [2.24, 2.45) is 0 Å². The molecule has 2 aromatic heterocycles. The summed E-state index contributed by atoms with van der Waals surface area (Å²) >= 11 is 0. The Labute approximate surface area is 206 Å². The number of likely N-dealkylation sites (tertiary alicyclic amines) is 1. The number of hydrogen-bond acceptors (Lipinski definition) is 7. The molecule has 1 aliphatic heterocycles. The van der Waals surface area contributed by atoms with Crippen molar-refractivity contribution in [3.05, 3.63) is 54.3 Å². The summed E-state index contributed by atoms with van der Waals surface area (Å²) in [5.74, 6) is -1.58. The van der Waals surface area contributed by atoms with Gasteiger partial charge in [-0.25, -0.2) is 19.0 Å². The predicted molar refractivity (Wildman–Crippen MR) is 132 cm³/mol. The molecule has 1 unspecified atom stereocenters. The van der Waals surface area contributed by atoms with Crippen molar-refractivity contribution in [2.45, 2.75) is 25.3 Å². The zero-order valence-electron chi connectivity index (χ0n) is 20.1. The smallest absolute Gasteiger partial charge is 0.277 e. The van der Waals surface area contributed by atoms with E-state index in [0.717, 1.165) is 18.9 Å². The number of fused-ring (bicyclic) bond motifs is 1. The van der Waals surface area contributed by atoms with Crippen molar-refractivity contribution < 1.29 is 18.8 Å². The van der Waals surface area contributed by atoms with Crippen LogP contribution in [0.25, 0.3) is 11.0 Å². The number of piperidine rings is 1. The standard InChI is InChI=1S/C24H27FN8O3/c1-4-18(34)32-9-5-6-16(12-32)33-23-20(22(26)27-13-28-23)21(30-33)24(36)29-15-8-7-14(17(25)11-15)10-19(35)31(2)3/h4,7-8,11,13,16H,1,5-6,9-10,12H2,2-3H3,(H,29,36)(H2,26,27,28). The van der Waals surface area contributed by atoms with Crippen LogP contribution in [0.3, 0.4) is 0 Å². The molecule has 3 amide bonds. The third-order valence-electron chi connectivity index (χ3n) is 6.11. The summed E-state index contributed by atoms with van der Waals surface area (Å²) in [6.45, 7) is 4.53. The topological polar surface area (TPSA) is 139 Å². The molecule has 4 rings (SSSR count). The Bertz CT molecular complexity index is 1350. The third kappa shape index (κ3) is 4.88. The lowest BCUT2D eigenvalue weighted by molar-refractivity contribution is -0.128. The first kappa shape index (κ1) is 24.8. The van der Waals surface area contributed by atoms with E-state index in [-0.39, 0.29) is 52.4 Å². The van der Waals surface area contributed by atoms with E-state index in [2.05, 4.69) is 27.0 Å². The summed E-state index contributed by atoms with van der Waals surface area (Å²) in [5, 5.41) is 7.41. The van der Waals surface area contributed by atoms with Crippen LogP contribution in [0.5, 0.6) is 0 Å². The lowest BCUT2D eigenvalue weighted by Gasteiger charge is -2.32. The van der Waals surface area contributed by atoms with Gasteiger partial charge in [0.25, 0.3) is 5.91 Å². The quantitative estimate of drug-likeness (QED) is 0.498. The van der Waals surface area contributed by atoms with E-state index in [4.69, 9.17) is 5.73 Å². The molecule has 0 spiro atoms. The fourth-order valence-electron chi connectivity index (χ4n) is 4.17. The molecule has 3 N–H and O–H groups in total. The van der Waals surface area contributed by atoms with E-state index in [1.54, 1.807) is 23.7 Å². The molecule has 1 atom stereocenters. The first-order valence-electron chi connectivity index (χ1n) is 11.4. The minimum absolute atomic E-state index is 0.0115. The number of benzene rings is 1. The Hall–Kier alpha value is -4.35. The monoisotopic (exact) mass is 494 g/mol. The maximum atomic E-state index is 14.6. The van der Waals surface area contributed by atoms with Crippen molar-refractivity contribution in [3.63, 3.8) is 0 Å². The Morgan fingerprint density at radius 1 is 1.31 bits per heavy atom. The molecule has 1 saturated heterocycles. The van der Waals surface area contributed by atoms with E-state index in [1.165, 1.54) is 29.4 Å². The van der Waals surface area contributed by atoms with Crippen LogP contribution in [-0.4, -0.2) is 74.5 Å². The van der Waals surface area contributed by atoms with Gasteiger partial charge < -0.3 is 20.9 Å². The number of nitrogen functional groups attached to an aromatic ring is 1. The molecule has 3 heterocycles. The van der Waals surface area contributed by atoms with Crippen LogP contribution >= 0.6 is 0 Å². The van der Waals surface area contributed by atoms with Crippen LogP contribution in [-0.2, 0) is 16.0 Å². The number of amides is 3. The Balaban J connectivity index is 1.62. The van der Waals surface area contributed by atoms with E-state index in [0.29, 0.717) is 18.7 Å². The van der Waals surface area contributed by atoms with Gasteiger partial charge >= 0.3 is 0 Å². The number of nitrogens with one attached hydrogen (secondary N) is 1. The number of carbonyl (C=O) groups is 3. The van der Waals surface area contributed by atoms with Crippen LogP contribution < -0.4 is 11.1 Å². The number of anilines is 2. The highest BCUT2D eigenvalue weighted by atomic mass is 19.1. The number of aromatic nitrogens is 4. The normalized spacial score (nSPS) is 15.5. The molecule has 12 heteroatoms. The van der Waals surface area contributed by atoms with Gasteiger partial charge in [-0.2, -0.15) is 5.10 Å². The molecule has 3 aromatic rings. The fourth-order valence-corrected chi connectivity index (χ4v) is 4.17. The minimum Gasteiger partial charge on any atom is -0.383 e. The highest BCUT2D eigenvalue weighted by molar-refractivity contribution is 6.13. The van der Waals surface area contributed by atoms with Gasteiger partial charge in [0, 0.05) is 32.9 Å². The number of nitrogens with zero attached hydrogens (tertiary/aromatic N) is 6. The molecule has 11 nitrogen and oxygen atoms in total. The Morgan fingerprint density at radius 2 is 2.08 bits per heavy atom. The molecule has 36 heavy (non-hydrogen) atoms. The van der Waals surface area contributed by atoms with Crippen molar-refractivity contribution >= 4 is 40.3 Å². The maximum Gasteiger partial charge on any atom is 0.277 e. The van der Waals surface area contributed by atoms with Crippen molar-refractivity contribution in [3.8, 4) is 0 Å². The van der Waals surface area contributed by atoms with Gasteiger partial charge in [-0.3, -0.25) is 14.4 Å².